The number of methoxy groups -OCH3 is 1. The topological polar surface area (TPSA) is 69.7 Å². The van der Waals surface area contributed by atoms with Crippen LogP contribution in [0, 0.1) is 0 Å². The van der Waals surface area contributed by atoms with E-state index < -0.39 is 29.4 Å². The van der Waals surface area contributed by atoms with Gasteiger partial charge in [-0.05, 0) is 36.7 Å². The van der Waals surface area contributed by atoms with Crippen LogP contribution >= 0.6 is 0 Å². The van der Waals surface area contributed by atoms with Gasteiger partial charge in [0.25, 0.3) is 0 Å². The van der Waals surface area contributed by atoms with E-state index in [1.54, 1.807) is 30.4 Å². The van der Waals surface area contributed by atoms with Crippen LogP contribution in [0.25, 0.3) is 0 Å². The van der Waals surface area contributed by atoms with E-state index in [4.69, 9.17) is 9.16 Å². The van der Waals surface area contributed by atoms with E-state index in [-0.39, 0.29) is 16.4 Å². The summed E-state index contributed by atoms with van der Waals surface area (Å²) < 4.78 is 36.2. The SMILES string of the molecule is COC(=O)C(C/C=C/CO[Si](C)(C)C(C)(C)C)S(=O)(=O)c1ccccc1. The van der Waals surface area contributed by atoms with Gasteiger partial charge < -0.3 is 9.16 Å². The zero-order valence-corrected chi connectivity index (χ0v) is 18.3. The average molecular weight is 399 g/mol. The molecule has 0 saturated carbocycles. The van der Waals surface area contributed by atoms with Crippen molar-refractivity contribution in [3.05, 3.63) is 42.5 Å². The predicted molar refractivity (Wildman–Crippen MR) is 106 cm³/mol. The first-order valence-corrected chi connectivity index (χ1v) is 13.0. The molecule has 1 aromatic rings. The summed E-state index contributed by atoms with van der Waals surface area (Å²) in [6.07, 6.45) is 3.50. The lowest BCUT2D eigenvalue weighted by atomic mass is 10.2. The lowest BCUT2D eigenvalue weighted by Crippen LogP contribution is -2.40. The van der Waals surface area contributed by atoms with E-state index in [0.717, 1.165) is 0 Å². The van der Waals surface area contributed by atoms with Crippen LogP contribution in [0.1, 0.15) is 27.2 Å². The first-order valence-electron chi connectivity index (χ1n) is 8.59. The summed E-state index contributed by atoms with van der Waals surface area (Å²) in [5.74, 6) is -0.760. The normalized spacial score (nSPS) is 14.4. The van der Waals surface area contributed by atoms with Crippen LogP contribution < -0.4 is 0 Å². The Morgan fingerprint density at radius 2 is 1.73 bits per heavy atom. The largest absolute Gasteiger partial charge is 0.468 e. The second-order valence-electron chi connectivity index (χ2n) is 7.65. The highest BCUT2D eigenvalue weighted by atomic mass is 32.2. The molecule has 0 aromatic heterocycles. The van der Waals surface area contributed by atoms with E-state index in [9.17, 15) is 13.2 Å². The van der Waals surface area contributed by atoms with Gasteiger partial charge in [0.1, 0.15) is 0 Å². The number of allylic oxidation sites excluding steroid dienone is 1. The van der Waals surface area contributed by atoms with Crippen molar-refractivity contribution in [2.24, 2.45) is 0 Å². The van der Waals surface area contributed by atoms with Crippen molar-refractivity contribution in [2.45, 2.75) is 55.5 Å². The number of hydrogen-bond donors (Lipinski definition) is 0. The monoisotopic (exact) mass is 398 g/mol. The molecule has 26 heavy (non-hydrogen) atoms. The Morgan fingerprint density at radius 3 is 2.23 bits per heavy atom. The molecule has 0 bridgehead atoms. The molecule has 0 spiro atoms. The van der Waals surface area contributed by atoms with Crippen LogP contribution in [0.5, 0.6) is 0 Å². The van der Waals surface area contributed by atoms with Crippen LogP contribution in [0.2, 0.25) is 18.1 Å². The number of rotatable bonds is 8. The fraction of sp³-hybridized carbons (Fsp3) is 0.526. The van der Waals surface area contributed by atoms with E-state index >= 15 is 0 Å². The molecule has 0 aliphatic carbocycles. The Hall–Kier alpha value is -1.44. The number of esters is 1. The smallest absolute Gasteiger partial charge is 0.324 e. The zero-order chi connectivity index (χ0) is 20.0. The average Bonchev–Trinajstić information content (AvgIpc) is 2.57. The molecule has 0 amide bonds. The van der Waals surface area contributed by atoms with Gasteiger partial charge in [0.15, 0.2) is 23.4 Å². The summed E-state index contributed by atoms with van der Waals surface area (Å²) >= 11 is 0. The van der Waals surface area contributed by atoms with Crippen LogP contribution in [-0.4, -0.2) is 41.7 Å². The standard InChI is InChI=1S/C19H30O5SSi/c1-19(2,3)26(5,6)24-15-11-10-14-17(18(20)23-4)25(21,22)16-12-8-7-9-13-16/h7-13,17H,14-15H2,1-6H3/b11-10+. The highest BCUT2D eigenvalue weighted by molar-refractivity contribution is 7.92. The number of hydrogen-bond acceptors (Lipinski definition) is 5. The third-order valence-corrected chi connectivity index (χ3v) is 11.3. The predicted octanol–water partition coefficient (Wildman–Crippen LogP) is 3.97. The van der Waals surface area contributed by atoms with Crippen molar-refractivity contribution < 1.29 is 22.4 Å². The summed E-state index contributed by atoms with van der Waals surface area (Å²) in [6, 6.07) is 7.95. The van der Waals surface area contributed by atoms with Crippen LogP contribution in [0.3, 0.4) is 0 Å². The molecule has 1 rings (SSSR count). The quantitative estimate of drug-likeness (QED) is 0.376. The Balaban J connectivity index is 2.83. The van der Waals surface area contributed by atoms with E-state index in [0.29, 0.717) is 6.61 Å². The molecule has 7 heteroatoms. The van der Waals surface area contributed by atoms with Gasteiger partial charge in [-0.1, -0.05) is 51.1 Å². The maximum absolute atomic E-state index is 12.7. The Kier molecular flexibility index (Phi) is 7.80. The van der Waals surface area contributed by atoms with Gasteiger partial charge in [0.05, 0.1) is 18.6 Å². The molecule has 0 saturated heterocycles. The molecule has 0 N–H and O–H groups in total. The number of ether oxygens (including phenoxy) is 1. The van der Waals surface area contributed by atoms with E-state index in [2.05, 4.69) is 33.9 Å². The summed E-state index contributed by atoms with van der Waals surface area (Å²) in [5.41, 5.74) is 0. The molecule has 1 unspecified atom stereocenters. The van der Waals surface area contributed by atoms with Crippen molar-refractivity contribution >= 4 is 24.1 Å². The van der Waals surface area contributed by atoms with Crippen molar-refractivity contribution in [1.29, 1.82) is 0 Å². The van der Waals surface area contributed by atoms with E-state index in [1.807, 2.05) is 0 Å². The molecule has 5 nitrogen and oxygen atoms in total. The lowest BCUT2D eigenvalue weighted by molar-refractivity contribution is -0.140. The summed E-state index contributed by atoms with van der Waals surface area (Å²) in [6.45, 7) is 11.2. The molecule has 0 fully saturated rings. The van der Waals surface area contributed by atoms with Gasteiger partial charge in [0.2, 0.25) is 0 Å². The van der Waals surface area contributed by atoms with E-state index in [1.165, 1.54) is 19.2 Å². The minimum absolute atomic E-state index is 0.0464. The molecule has 1 atom stereocenters. The highest BCUT2D eigenvalue weighted by Gasteiger charge is 2.37. The molecular formula is C19H30O5SSi. The first-order chi connectivity index (χ1) is 11.9. The van der Waals surface area contributed by atoms with Crippen molar-refractivity contribution in [3.63, 3.8) is 0 Å². The minimum Gasteiger partial charge on any atom is -0.468 e. The fourth-order valence-electron chi connectivity index (χ4n) is 2.02. The zero-order valence-electron chi connectivity index (χ0n) is 16.5. The Morgan fingerprint density at radius 1 is 1.15 bits per heavy atom. The van der Waals surface area contributed by atoms with Gasteiger partial charge in [0, 0.05) is 0 Å². The van der Waals surface area contributed by atoms with Gasteiger partial charge in [-0.3, -0.25) is 4.79 Å². The van der Waals surface area contributed by atoms with Crippen LogP contribution in [0.4, 0.5) is 0 Å². The maximum atomic E-state index is 12.7. The molecule has 0 aliphatic heterocycles. The number of sulfone groups is 1. The number of carbonyl (C=O) groups excluding carboxylic acids is 1. The summed E-state index contributed by atoms with van der Waals surface area (Å²) in [7, 11) is -4.48. The number of benzene rings is 1. The second kappa shape index (κ2) is 8.97. The highest BCUT2D eigenvalue weighted by Crippen LogP contribution is 2.36. The third-order valence-electron chi connectivity index (χ3n) is 4.77. The minimum atomic E-state index is -3.81. The summed E-state index contributed by atoms with van der Waals surface area (Å²) in [4.78, 5) is 12.1. The van der Waals surface area contributed by atoms with Crippen molar-refractivity contribution in [3.8, 4) is 0 Å². The van der Waals surface area contributed by atoms with Crippen molar-refractivity contribution in [2.75, 3.05) is 13.7 Å². The molecule has 1 aromatic carbocycles. The molecule has 0 heterocycles. The van der Waals surface area contributed by atoms with Gasteiger partial charge in [-0.25, -0.2) is 8.42 Å². The Labute approximate surface area is 158 Å². The first kappa shape index (κ1) is 22.6. The van der Waals surface area contributed by atoms with Crippen LogP contribution in [-0.2, 0) is 23.8 Å². The fourth-order valence-corrected chi connectivity index (χ4v) is 4.54. The number of carbonyl (C=O) groups is 1. The van der Waals surface area contributed by atoms with Gasteiger partial charge >= 0.3 is 5.97 Å². The van der Waals surface area contributed by atoms with Crippen molar-refractivity contribution in [1.82, 2.24) is 0 Å². The molecular weight excluding hydrogens is 368 g/mol. The van der Waals surface area contributed by atoms with Gasteiger partial charge in [-0.2, -0.15) is 0 Å². The van der Waals surface area contributed by atoms with Gasteiger partial charge in [-0.15, -0.1) is 0 Å². The third kappa shape index (κ3) is 5.79. The molecule has 146 valence electrons. The molecule has 0 radical (unpaired) electrons. The lowest BCUT2D eigenvalue weighted by Gasteiger charge is -2.35. The summed E-state index contributed by atoms with van der Waals surface area (Å²) in [5, 5.41) is -1.16. The second-order valence-corrected chi connectivity index (χ2v) is 14.6. The van der Waals surface area contributed by atoms with Crippen LogP contribution in [0.15, 0.2) is 47.4 Å². The molecule has 0 aliphatic rings. The maximum Gasteiger partial charge on any atom is 0.324 e. The Bertz CT molecular complexity index is 718.